The molecule has 136 valence electrons. The third kappa shape index (κ3) is 3.48. The van der Waals surface area contributed by atoms with Gasteiger partial charge >= 0.3 is 0 Å². The SMILES string of the molecule is CC(C)NC(=O)c1ccc(N2CC(C)C3CCCCC32)c([N+](=O)[O-])c1. The Morgan fingerprint density at radius 2 is 2.04 bits per heavy atom. The van der Waals surface area contributed by atoms with Gasteiger partial charge in [-0.05, 0) is 50.7 Å². The third-order valence-electron chi connectivity index (χ3n) is 5.56. The lowest BCUT2D eigenvalue weighted by molar-refractivity contribution is -0.384. The molecule has 0 spiro atoms. The van der Waals surface area contributed by atoms with Crippen molar-refractivity contribution < 1.29 is 9.72 Å². The monoisotopic (exact) mass is 345 g/mol. The van der Waals surface area contributed by atoms with E-state index in [1.807, 2.05) is 13.8 Å². The van der Waals surface area contributed by atoms with E-state index in [0.29, 0.717) is 29.1 Å². The summed E-state index contributed by atoms with van der Waals surface area (Å²) in [4.78, 5) is 25.7. The maximum atomic E-state index is 12.2. The number of benzene rings is 1. The second kappa shape index (κ2) is 7.02. The summed E-state index contributed by atoms with van der Waals surface area (Å²) < 4.78 is 0. The molecule has 3 unspecified atom stereocenters. The molecule has 6 heteroatoms. The maximum absolute atomic E-state index is 12.2. The van der Waals surface area contributed by atoms with Crippen LogP contribution in [-0.2, 0) is 0 Å². The van der Waals surface area contributed by atoms with Crippen molar-refractivity contribution in [3.05, 3.63) is 33.9 Å². The van der Waals surface area contributed by atoms with E-state index in [-0.39, 0.29) is 22.6 Å². The molecule has 2 aliphatic rings. The molecule has 3 atom stereocenters. The van der Waals surface area contributed by atoms with E-state index >= 15 is 0 Å². The lowest BCUT2D eigenvalue weighted by atomic mass is 9.80. The molecule has 0 bridgehead atoms. The third-order valence-corrected chi connectivity index (χ3v) is 5.56. The summed E-state index contributed by atoms with van der Waals surface area (Å²) in [6.45, 7) is 6.85. The van der Waals surface area contributed by atoms with Gasteiger partial charge in [0.05, 0.1) is 4.92 Å². The molecule has 3 rings (SSSR count). The number of nitrogens with one attached hydrogen (secondary N) is 1. The molecule has 1 N–H and O–H groups in total. The molecule has 1 aromatic rings. The number of carbonyl (C=O) groups excluding carboxylic acids is 1. The van der Waals surface area contributed by atoms with Gasteiger partial charge in [0.2, 0.25) is 0 Å². The predicted molar refractivity (Wildman–Crippen MR) is 98.0 cm³/mol. The van der Waals surface area contributed by atoms with Gasteiger partial charge in [-0.2, -0.15) is 0 Å². The fourth-order valence-corrected chi connectivity index (χ4v) is 4.45. The Hall–Kier alpha value is -2.11. The van der Waals surface area contributed by atoms with E-state index < -0.39 is 0 Å². The average Bonchev–Trinajstić information content (AvgIpc) is 2.91. The second-order valence-corrected chi connectivity index (χ2v) is 7.73. The van der Waals surface area contributed by atoms with Crippen molar-refractivity contribution in [1.82, 2.24) is 5.32 Å². The van der Waals surface area contributed by atoms with Gasteiger partial charge < -0.3 is 10.2 Å². The van der Waals surface area contributed by atoms with Crippen molar-refractivity contribution in [3.8, 4) is 0 Å². The maximum Gasteiger partial charge on any atom is 0.293 e. The highest BCUT2D eigenvalue weighted by Gasteiger charge is 2.42. The van der Waals surface area contributed by atoms with Gasteiger partial charge in [-0.15, -0.1) is 0 Å². The molecular weight excluding hydrogens is 318 g/mol. The molecule has 1 amide bonds. The topological polar surface area (TPSA) is 75.5 Å². The minimum Gasteiger partial charge on any atom is -0.362 e. The van der Waals surface area contributed by atoms with E-state index in [4.69, 9.17) is 0 Å². The lowest BCUT2D eigenvalue weighted by Crippen LogP contribution is -2.35. The number of hydrogen-bond donors (Lipinski definition) is 1. The summed E-state index contributed by atoms with van der Waals surface area (Å²) in [6.07, 6.45) is 4.76. The highest BCUT2D eigenvalue weighted by Crippen LogP contribution is 2.44. The number of nitrogens with zero attached hydrogens (tertiary/aromatic N) is 2. The van der Waals surface area contributed by atoms with Crippen LogP contribution < -0.4 is 10.2 Å². The largest absolute Gasteiger partial charge is 0.362 e. The van der Waals surface area contributed by atoms with Crippen molar-refractivity contribution in [2.45, 2.75) is 58.5 Å². The molecule has 25 heavy (non-hydrogen) atoms. The molecule has 1 aliphatic carbocycles. The van der Waals surface area contributed by atoms with Crippen molar-refractivity contribution in [3.63, 3.8) is 0 Å². The summed E-state index contributed by atoms with van der Waals surface area (Å²) in [5, 5.41) is 14.5. The van der Waals surface area contributed by atoms with E-state index in [1.54, 1.807) is 12.1 Å². The van der Waals surface area contributed by atoms with E-state index in [9.17, 15) is 14.9 Å². The van der Waals surface area contributed by atoms with Gasteiger partial charge in [0.15, 0.2) is 0 Å². The Labute approximate surface area is 148 Å². The van der Waals surface area contributed by atoms with Gasteiger partial charge in [0.1, 0.15) is 5.69 Å². The first-order valence-corrected chi connectivity index (χ1v) is 9.24. The van der Waals surface area contributed by atoms with Gasteiger partial charge in [0.25, 0.3) is 11.6 Å². The van der Waals surface area contributed by atoms with Crippen LogP contribution in [0.1, 0.15) is 56.8 Å². The van der Waals surface area contributed by atoms with Crippen LogP contribution in [0.2, 0.25) is 0 Å². The van der Waals surface area contributed by atoms with E-state index in [0.717, 1.165) is 13.0 Å². The predicted octanol–water partition coefficient (Wildman–Crippen LogP) is 3.75. The second-order valence-electron chi connectivity index (χ2n) is 7.73. The standard InChI is InChI=1S/C19H27N3O3/c1-12(2)20-19(23)14-8-9-17(18(10-14)22(24)25)21-11-13(3)15-6-4-5-7-16(15)21/h8-10,12-13,15-16H,4-7,11H2,1-3H3,(H,20,23). The van der Waals surface area contributed by atoms with Crippen LogP contribution >= 0.6 is 0 Å². The van der Waals surface area contributed by atoms with Crippen LogP contribution in [0.3, 0.4) is 0 Å². The van der Waals surface area contributed by atoms with Crippen LogP contribution in [0.5, 0.6) is 0 Å². The summed E-state index contributed by atoms with van der Waals surface area (Å²) in [5.41, 5.74) is 1.04. The fraction of sp³-hybridized carbons (Fsp3) is 0.632. The first kappa shape index (κ1) is 17.7. The Kier molecular flexibility index (Phi) is 4.97. The zero-order valence-electron chi connectivity index (χ0n) is 15.2. The fourth-order valence-electron chi connectivity index (χ4n) is 4.45. The molecule has 1 aliphatic heterocycles. The number of carbonyl (C=O) groups is 1. The molecule has 6 nitrogen and oxygen atoms in total. The van der Waals surface area contributed by atoms with Crippen LogP contribution in [0, 0.1) is 22.0 Å². The smallest absolute Gasteiger partial charge is 0.293 e. The number of amides is 1. The molecule has 1 saturated carbocycles. The Balaban J connectivity index is 1.93. The highest BCUT2D eigenvalue weighted by molar-refractivity contribution is 5.96. The summed E-state index contributed by atoms with van der Waals surface area (Å²) >= 11 is 0. The van der Waals surface area contributed by atoms with E-state index in [2.05, 4.69) is 17.1 Å². The molecule has 0 radical (unpaired) electrons. The number of fused-ring (bicyclic) bond motifs is 1. The van der Waals surface area contributed by atoms with Gasteiger partial charge in [-0.3, -0.25) is 14.9 Å². The van der Waals surface area contributed by atoms with Crippen molar-refractivity contribution in [2.75, 3.05) is 11.4 Å². The summed E-state index contributed by atoms with van der Waals surface area (Å²) in [5.74, 6) is 0.904. The first-order chi connectivity index (χ1) is 11.9. The lowest BCUT2D eigenvalue weighted by Gasteiger charge is -2.33. The molecule has 1 aromatic carbocycles. The highest BCUT2D eigenvalue weighted by atomic mass is 16.6. The number of hydrogen-bond acceptors (Lipinski definition) is 4. The Morgan fingerprint density at radius 3 is 2.72 bits per heavy atom. The van der Waals surface area contributed by atoms with Crippen LogP contribution in [0.4, 0.5) is 11.4 Å². The van der Waals surface area contributed by atoms with Gasteiger partial charge in [-0.25, -0.2) is 0 Å². The number of nitro benzene ring substituents is 1. The molecule has 2 fully saturated rings. The molecule has 0 aromatic heterocycles. The quantitative estimate of drug-likeness (QED) is 0.666. The van der Waals surface area contributed by atoms with Crippen LogP contribution in [0.15, 0.2) is 18.2 Å². The van der Waals surface area contributed by atoms with Gasteiger partial charge in [0, 0.05) is 30.3 Å². The normalized spacial score (nSPS) is 25.8. The van der Waals surface area contributed by atoms with Crippen LogP contribution in [0.25, 0.3) is 0 Å². The summed E-state index contributed by atoms with van der Waals surface area (Å²) in [6, 6.07) is 5.28. The molecule has 1 saturated heterocycles. The Bertz CT molecular complexity index is 674. The van der Waals surface area contributed by atoms with Crippen LogP contribution in [-0.4, -0.2) is 29.5 Å². The van der Waals surface area contributed by atoms with Crippen molar-refractivity contribution >= 4 is 17.3 Å². The Morgan fingerprint density at radius 1 is 1.32 bits per heavy atom. The number of nitro groups is 1. The number of rotatable bonds is 4. The first-order valence-electron chi connectivity index (χ1n) is 9.24. The zero-order valence-corrected chi connectivity index (χ0v) is 15.2. The van der Waals surface area contributed by atoms with Gasteiger partial charge in [-0.1, -0.05) is 19.8 Å². The summed E-state index contributed by atoms with van der Waals surface area (Å²) in [7, 11) is 0. The van der Waals surface area contributed by atoms with Crippen molar-refractivity contribution in [2.24, 2.45) is 11.8 Å². The molecular formula is C19H27N3O3. The number of anilines is 1. The van der Waals surface area contributed by atoms with E-state index in [1.165, 1.54) is 25.3 Å². The zero-order chi connectivity index (χ0) is 18.1. The minimum absolute atomic E-state index is 0.00587. The molecule has 1 heterocycles. The average molecular weight is 345 g/mol. The minimum atomic E-state index is -0.359. The van der Waals surface area contributed by atoms with Crippen molar-refractivity contribution in [1.29, 1.82) is 0 Å².